The SMILES string of the molecule is CCOc1cc(C(=O)Nc2ccc(C(=O)N3CCSCC3)cc2C)c([N+](=O)[O-])cc1OC. The minimum atomic E-state index is -0.657. The van der Waals surface area contributed by atoms with Crippen molar-refractivity contribution in [3.63, 3.8) is 0 Å². The zero-order valence-corrected chi connectivity index (χ0v) is 19.0. The molecule has 2 aromatic carbocycles. The summed E-state index contributed by atoms with van der Waals surface area (Å²) in [4.78, 5) is 38.4. The van der Waals surface area contributed by atoms with Crippen LogP contribution in [-0.4, -0.2) is 59.9 Å². The molecule has 1 aliphatic heterocycles. The maximum absolute atomic E-state index is 12.9. The molecule has 1 aliphatic rings. The fourth-order valence-electron chi connectivity index (χ4n) is 3.39. The second-order valence-electron chi connectivity index (χ2n) is 7.10. The molecule has 0 radical (unpaired) electrons. The van der Waals surface area contributed by atoms with Crippen LogP contribution in [0, 0.1) is 17.0 Å². The molecule has 0 saturated carbocycles. The van der Waals surface area contributed by atoms with Gasteiger partial charge in [0.05, 0.1) is 24.7 Å². The van der Waals surface area contributed by atoms with Gasteiger partial charge in [0.15, 0.2) is 11.5 Å². The normalized spacial score (nSPS) is 13.4. The Morgan fingerprint density at radius 2 is 1.91 bits per heavy atom. The van der Waals surface area contributed by atoms with Gasteiger partial charge in [-0.3, -0.25) is 19.7 Å². The number of hydrogen-bond acceptors (Lipinski definition) is 7. The second-order valence-corrected chi connectivity index (χ2v) is 8.32. The number of carbonyl (C=O) groups is 2. The lowest BCUT2D eigenvalue weighted by molar-refractivity contribution is -0.385. The molecule has 32 heavy (non-hydrogen) atoms. The van der Waals surface area contributed by atoms with Crippen LogP contribution in [0.2, 0.25) is 0 Å². The van der Waals surface area contributed by atoms with Gasteiger partial charge in [0.2, 0.25) is 0 Å². The van der Waals surface area contributed by atoms with Crippen LogP contribution in [0.5, 0.6) is 11.5 Å². The monoisotopic (exact) mass is 459 g/mol. The molecule has 1 fully saturated rings. The molecule has 0 bridgehead atoms. The lowest BCUT2D eigenvalue weighted by atomic mass is 10.1. The van der Waals surface area contributed by atoms with Crippen LogP contribution in [0.3, 0.4) is 0 Å². The molecule has 10 heteroatoms. The molecule has 0 spiro atoms. The van der Waals surface area contributed by atoms with Crippen LogP contribution >= 0.6 is 11.8 Å². The third-order valence-corrected chi connectivity index (χ3v) is 5.99. The van der Waals surface area contributed by atoms with E-state index in [0.717, 1.165) is 11.5 Å². The van der Waals surface area contributed by atoms with Crippen molar-refractivity contribution in [1.29, 1.82) is 0 Å². The van der Waals surface area contributed by atoms with Gasteiger partial charge < -0.3 is 19.7 Å². The van der Waals surface area contributed by atoms with E-state index in [4.69, 9.17) is 9.47 Å². The molecular formula is C22H25N3O6S. The Morgan fingerprint density at radius 1 is 1.19 bits per heavy atom. The van der Waals surface area contributed by atoms with E-state index in [9.17, 15) is 19.7 Å². The third kappa shape index (κ3) is 5.13. The highest BCUT2D eigenvalue weighted by Gasteiger charge is 2.25. The summed E-state index contributed by atoms with van der Waals surface area (Å²) in [7, 11) is 1.37. The number of ether oxygens (including phenoxy) is 2. The van der Waals surface area contributed by atoms with Gasteiger partial charge in [-0.2, -0.15) is 11.8 Å². The lowest BCUT2D eigenvalue weighted by Crippen LogP contribution is -2.37. The Labute approximate surface area is 190 Å². The maximum Gasteiger partial charge on any atom is 0.286 e. The van der Waals surface area contributed by atoms with Crippen LogP contribution in [0.1, 0.15) is 33.2 Å². The van der Waals surface area contributed by atoms with Crippen molar-refractivity contribution in [3.05, 3.63) is 57.1 Å². The van der Waals surface area contributed by atoms with E-state index in [1.54, 1.807) is 32.0 Å². The first-order valence-corrected chi connectivity index (χ1v) is 11.3. The number of benzene rings is 2. The lowest BCUT2D eigenvalue weighted by Gasteiger charge is -2.26. The van der Waals surface area contributed by atoms with Crippen molar-refractivity contribution in [2.24, 2.45) is 0 Å². The second kappa shape index (κ2) is 10.4. The van der Waals surface area contributed by atoms with Crippen molar-refractivity contribution >= 4 is 35.0 Å². The Kier molecular flexibility index (Phi) is 7.57. The fraction of sp³-hybridized carbons (Fsp3) is 0.364. The first-order chi connectivity index (χ1) is 15.3. The highest BCUT2D eigenvalue weighted by atomic mass is 32.2. The van der Waals surface area contributed by atoms with E-state index >= 15 is 0 Å². The zero-order chi connectivity index (χ0) is 23.3. The number of nitro groups is 1. The summed E-state index contributed by atoms with van der Waals surface area (Å²) in [5.74, 6) is 1.55. The number of aryl methyl sites for hydroxylation is 1. The summed E-state index contributed by atoms with van der Waals surface area (Å²) in [6.45, 7) is 5.26. The molecule has 0 atom stereocenters. The molecule has 3 rings (SSSR count). The number of carbonyl (C=O) groups excluding carboxylic acids is 2. The predicted octanol–water partition coefficient (Wildman–Crippen LogP) is 3.75. The summed E-state index contributed by atoms with van der Waals surface area (Å²) >= 11 is 1.82. The molecule has 9 nitrogen and oxygen atoms in total. The van der Waals surface area contributed by atoms with Gasteiger partial charge >= 0.3 is 0 Å². The molecule has 2 amide bonds. The number of thioether (sulfide) groups is 1. The number of nitrogens with zero attached hydrogens (tertiary/aromatic N) is 2. The van der Waals surface area contributed by atoms with Crippen LogP contribution in [0.4, 0.5) is 11.4 Å². The predicted molar refractivity (Wildman–Crippen MR) is 123 cm³/mol. The summed E-state index contributed by atoms with van der Waals surface area (Å²) < 4.78 is 10.6. The topological polar surface area (TPSA) is 111 Å². The van der Waals surface area contributed by atoms with Crippen molar-refractivity contribution in [1.82, 2.24) is 4.90 Å². The summed E-state index contributed by atoms with van der Waals surface area (Å²) in [5.41, 5.74) is 1.14. The number of amides is 2. The van der Waals surface area contributed by atoms with Crippen molar-refractivity contribution in [2.45, 2.75) is 13.8 Å². The van der Waals surface area contributed by atoms with Gasteiger partial charge in [-0.1, -0.05) is 0 Å². The van der Waals surface area contributed by atoms with E-state index in [2.05, 4.69) is 5.32 Å². The molecule has 0 unspecified atom stereocenters. The van der Waals surface area contributed by atoms with E-state index in [-0.39, 0.29) is 23.0 Å². The Balaban J connectivity index is 1.85. The minimum Gasteiger partial charge on any atom is -0.493 e. The molecule has 0 aromatic heterocycles. The molecule has 1 heterocycles. The highest BCUT2D eigenvalue weighted by Crippen LogP contribution is 2.35. The average Bonchev–Trinajstić information content (AvgIpc) is 2.80. The van der Waals surface area contributed by atoms with E-state index in [1.165, 1.54) is 19.2 Å². The van der Waals surface area contributed by atoms with E-state index < -0.39 is 16.5 Å². The van der Waals surface area contributed by atoms with Crippen LogP contribution in [0.25, 0.3) is 0 Å². The standard InChI is InChI=1S/C22H25N3O6S/c1-4-31-20-12-16(18(25(28)29)13-19(20)30-3)21(26)23-17-6-5-15(11-14(17)2)22(27)24-7-9-32-10-8-24/h5-6,11-13H,4,7-10H2,1-3H3,(H,23,26). The van der Waals surface area contributed by atoms with Gasteiger partial charge in [0.1, 0.15) is 5.56 Å². The fourth-order valence-corrected chi connectivity index (χ4v) is 4.29. The number of methoxy groups -OCH3 is 1. The number of rotatable bonds is 7. The van der Waals surface area contributed by atoms with Gasteiger partial charge in [-0.05, 0) is 37.6 Å². The number of anilines is 1. The third-order valence-electron chi connectivity index (χ3n) is 5.04. The number of hydrogen-bond donors (Lipinski definition) is 1. The van der Waals surface area contributed by atoms with Gasteiger partial charge in [0, 0.05) is 41.9 Å². The van der Waals surface area contributed by atoms with Gasteiger partial charge in [-0.15, -0.1) is 0 Å². The summed E-state index contributed by atoms with van der Waals surface area (Å²) in [6, 6.07) is 7.48. The minimum absolute atomic E-state index is 0.0431. The van der Waals surface area contributed by atoms with Gasteiger partial charge in [0.25, 0.3) is 17.5 Å². The molecule has 170 valence electrons. The molecular weight excluding hydrogens is 434 g/mol. The highest BCUT2D eigenvalue weighted by molar-refractivity contribution is 7.99. The first-order valence-electron chi connectivity index (χ1n) is 10.1. The Hall–Kier alpha value is -3.27. The molecule has 1 N–H and O–H groups in total. The van der Waals surface area contributed by atoms with Gasteiger partial charge in [-0.25, -0.2) is 0 Å². The van der Waals surface area contributed by atoms with E-state index in [1.807, 2.05) is 16.7 Å². The van der Waals surface area contributed by atoms with Crippen molar-refractivity contribution < 1.29 is 24.0 Å². The van der Waals surface area contributed by atoms with Crippen LogP contribution < -0.4 is 14.8 Å². The molecule has 0 aliphatic carbocycles. The summed E-state index contributed by atoms with van der Waals surface area (Å²) in [6.07, 6.45) is 0. The van der Waals surface area contributed by atoms with Crippen molar-refractivity contribution in [3.8, 4) is 11.5 Å². The Bertz CT molecular complexity index is 1040. The smallest absolute Gasteiger partial charge is 0.286 e. The quantitative estimate of drug-likeness (QED) is 0.496. The Morgan fingerprint density at radius 3 is 2.50 bits per heavy atom. The average molecular weight is 460 g/mol. The number of nitro benzene ring substituents is 1. The van der Waals surface area contributed by atoms with Crippen LogP contribution in [0.15, 0.2) is 30.3 Å². The largest absolute Gasteiger partial charge is 0.493 e. The van der Waals surface area contributed by atoms with E-state index in [0.29, 0.717) is 36.5 Å². The van der Waals surface area contributed by atoms with Crippen LogP contribution in [-0.2, 0) is 0 Å². The summed E-state index contributed by atoms with van der Waals surface area (Å²) in [5, 5.41) is 14.2. The molecule has 2 aromatic rings. The first kappa shape index (κ1) is 23.4. The number of nitrogens with one attached hydrogen (secondary N) is 1. The maximum atomic E-state index is 12.9. The molecule has 1 saturated heterocycles. The van der Waals surface area contributed by atoms with Crippen molar-refractivity contribution in [2.75, 3.05) is 43.6 Å². The zero-order valence-electron chi connectivity index (χ0n) is 18.2.